The van der Waals surface area contributed by atoms with Crippen LogP contribution in [0.4, 0.5) is 14.5 Å². The first-order chi connectivity index (χ1) is 9.74. The number of nitrogens with one attached hydrogen (secondary N) is 2. The van der Waals surface area contributed by atoms with Crippen molar-refractivity contribution in [3.05, 3.63) is 65.2 Å². The van der Waals surface area contributed by atoms with Crippen molar-refractivity contribution in [2.75, 3.05) is 11.9 Å². The second-order valence-electron chi connectivity index (χ2n) is 4.99. The lowest BCUT2D eigenvalue weighted by molar-refractivity contribution is 0.580. The van der Waals surface area contributed by atoms with Gasteiger partial charge in [0.15, 0.2) is 0 Å². The van der Waals surface area contributed by atoms with Crippen molar-refractivity contribution in [1.82, 2.24) is 5.32 Å². The number of hydrogen-bond acceptors (Lipinski definition) is 2. The van der Waals surface area contributed by atoms with Gasteiger partial charge in [0.25, 0.3) is 0 Å². The molecule has 3 rings (SSSR count). The van der Waals surface area contributed by atoms with Gasteiger partial charge in [-0.2, -0.15) is 0 Å². The Hall–Kier alpha value is -1.94. The Labute approximate surface area is 116 Å². The van der Waals surface area contributed by atoms with E-state index in [1.165, 1.54) is 23.3 Å². The fourth-order valence-corrected chi connectivity index (χ4v) is 2.60. The molecule has 4 heteroatoms. The highest BCUT2D eigenvalue weighted by Crippen LogP contribution is 2.28. The molecule has 0 saturated carbocycles. The van der Waals surface area contributed by atoms with Crippen LogP contribution in [0.25, 0.3) is 0 Å². The minimum Gasteiger partial charge on any atom is -0.376 e. The van der Waals surface area contributed by atoms with Crippen LogP contribution in [0, 0.1) is 11.6 Å². The summed E-state index contributed by atoms with van der Waals surface area (Å²) in [6, 6.07) is 11.8. The summed E-state index contributed by atoms with van der Waals surface area (Å²) in [6.07, 6.45) is 0.855. The van der Waals surface area contributed by atoms with Crippen molar-refractivity contribution >= 4 is 5.69 Å². The fraction of sp³-hybridized carbons (Fsp3) is 0.250. The van der Waals surface area contributed by atoms with E-state index in [-0.39, 0.29) is 6.04 Å². The maximum atomic E-state index is 13.8. The summed E-state index contributed by atoms with van der Waals surface area (Å²) in [6.45, 7) is 1.68. The number of anilines is 1. The zero-order valence-electron chi connectivity index (χ0n) is 11.0. The topological polar surface area (TPSA) is 24.1 Å². The van der Waals surface area contributed by atoms with E-state index in [0.717, 1.165) is 25.6 Å². The van der Waals surface area contributed by atoms with Gasteiger partial charge in [-0.25, -0.2) is 8.78 Å². The fourth-order valence-electron chi connectivity index (χ4n) is 2.60. The highest BCUT2D eigenvalue weighted by atomic mass is 19.1. The lowest BCUT2D eigenvalue weighted by Crippen LogP contribution is -2.15. The highest BCUT2D eigenvalue weighted by molar-refractivity contribution is 5.48. The molecular formula is C16H16F2N2. The first-order valence-electron chi connectivity index (χ1n) is 6.74. The quantitative estimate of drug-likeness (QED) is 0.874. The molecule has 0 aromatic heterocycles. The summed E-state index contributed by atoms with van der Waals surface area (Å²) >= 11 is 0. The average molecular weight is 274 g/mol. The summed E-state index contributed by atoms with van der Waals surface area (Å²) in [5, 5.41) is 6.54. The molecule has 1 unspecified atom stereocenters. The van der Waals surface area contributed by atoms with E-state index in [1.54, 1.807) is 0 Å². The highest BCUT2D eigenvalue weighted by Gasteiger charge is 2.19. The molecular weight excluding hydrogens is 258 g/mol. The molecule has 0 fully saturated rings. The molecule has 0 radical (unpaired) electrons. The molecule has 2 aromatic carbocycles. The predicted molar refractivity (Wildman–Crippen MR) is 75.5 cm³/mol. The van der Waals surface area contributed by atoms with Crippen molar-refractivity contribution in [3.8, 4) is 0 Å². The second-order valence-corrected chi connectivity index (χ2v) is 4.99. The molecule has 1 heterocycles. The SMILES string of the molecule is Fc1ccc(NC2CCNCc3ccccc32)c(F)c1. The maximum Gasteiger partial charge on any atom is 0.149 e. The number of benzene rings is 2. The van der Waals surface area contributed by atoms with E-state index in [9.17, 15) is 8.78 Å². The first-order valence-corrected chi connectivity index (χ1v) is 6.74. The summed E-state index contributed by atoms with van der Waals surface area (Å²) < 4.78 is 26.7. The van der Waals surface area contributed by atoms with Crippen LogP contribution in [0.1, 0.15) is 23.6 Å². The largest absolute Gasteiger partial charge is 0.376 e. The van der Waals surface area contributed by atoms with Crippen LogP contribution >= 0.6 is 0 Å². The van der Waals surface area contributed by atoms with Crippen molar-refractivity contribution < 1.29 is 8.78 Å². The second kappa shape index (κ2) is 5.59. The Morgan fingerprint density at radius 3 is 2.80 bits per heavy atom. The van der Waals surface area contributed by atoms with Gasteiger partial charge in [-0.1, -0.05) is 24.3 Å². The van der Waals surface area contributed by atoms with Gasteiger partial charge < -0.3 is 10.6 Å². The summed E-state index contributed by atoms with van der Waals surface area (Å²) in [5.41, 5.74) is 2.72. The third-order valence-electron chi connectivity index (χ3n) is 3.62. The molecule has 2 aromatic rings. The number of halogens is 2. The van der Waals surface area contributed by atoms with Crippen molar-refractivity contribution in [3.63, 3.8) is 0 Å². The third-order valence-corrected chi connectivity index (χ3v) is 3.62. The van der Waals surface area contributed by atoms with Gasteiger partial charge in [0, 0.05) is 12.6 Å². The Kier molecular flexibility index (Phi) is 3.65. The van der Waals surface area contributed by atoms with E-state index in [0.29, 0.717) is 5.69 Å². The Balaban J connectivity index is 1.90. The van der Waals surface area contributed by atoms with E-state index in [4.69, 9.17) is 0 Å². The van der Waals surface area contributed by atoms with E-state index >= 15 is 0 Å². The van der Waals surface area contributed by atoms with Gasteiger partial charge in [0.2, 0.25) is 0 Å². The van der Waals surface area contributed by atoms with E-state index < -0.39 is 11.6 Å². The van der Waals surface area contributed by atoms with Gasteiger partial charge in [0.05, 0.1) is 11.7 Å². The number of hydrogen-bond donors (Lipinski definition) is 2. The molecule has 2 N–H and O–H groups in total. The zero-order valence-corrected chi connectivity index (χ0v) is 11.0. The van der Waals surface area contributed by atoms with Gasteiger partial charge in [-0.05, 0) is 36.2 Å². The minimum absolute atomic E-state index is 0.0289. The monoisotopic (exact) mass is 274 g/mol. The molecule has 1 atom stereocenters. The van der Waals surface area contributed by atoms with E-state index in [1.807, 2.05) is 12.1 Å². The predicted octanol–water partition coefficient (Wildman–Crippen LogP) is 3.61. The summed E-state index contributed by atoms with van der Waals surface area (Å²) in [4.78, 5) is 0. The molecule has 0 amide bonds. The summed E-state index contributed by atoms with van der Waals surface area (Å²) in [7, 11) is 0. The molecule has 2 nitrogen and oxygen atoms in total. The van der Waals surface area contributed by atoms with Crippen molar-refractivity contribution in [2.24, 2.45) is 0 Å². The van der Waals surface area contributed by atoms with Gasteiger partial charge >= 0.3 is 0 Å². The molecule has 0 aliphatic carbocycles. The zero-order chi connectivity index (χ0) is 13.9. The lowest BCUT2D eigenvalue weighted by atomic mass is 9.99. The first kappa shape index (κ1) is 13.1. The van der Waals surface area contributed by atoms with Crippen LogP contribution < -0.4 is 10.6 Å². The molecule has 20 heavy (non-hydrogen) atoms. The van der Waals surface area contributed by atoms with Crippen LogP contribution in [-0.2, 0) is 6.54 Å². The average Bonchev–Trinajstić information content (AvgIpc) is 2.65. The van der Waals surface area contributed by atoms with Crippen LogP contribution in [0.2, 0.25) is 0 Å². The summed E-state index contributed by atoms with van der Waals surface area (Å²) in [5.74, 6) is -1.12. The molecule has 1 aliphatic heterocycles. The van der Waals surface area contributed by atoms with E-state index in [2.05, 4.69) is 22.8 Å². The standard InChI is InChI=1S/C16H16F2N2/c17-12-5-6-16(14(18)9-12)20-15-7-8-19-10-11-3-1-2-4-13(11)15/h1-6,9,15,19-20H,7-8,10H2. The molecule has 0 saturated heterocycles. The Morgan fingerprint density at radius 1 is 1.10 bits per heavy atom. The van der Waals surface area contributed by atoms with Crippen LogP contribution in [0.15, 0.2) is 42.5 Å². The van der Waals surface area contributed by atoms with Crippen LogP contribution in [0.3, 0.4) is 0 Å². The number of rotatable bonds is 2. The van der Waals surface area contributed by atoms with Gasteiger partial charge in [0.1, 0.15) is 11.6 Å². The molecule has 104 valence electrons. The molecule has 0 bridgehead atoms. The lowest BCUT2D eigenvalue weighted by Gasteiger charge is -2.20. The maximum absolute atomic E-state index is 13.8. The van der Waals surface area contributed by atoms with Crippen LogP contribution in [0.5, 0.6) is 0 Å². The third kappa shape index (κ3) is 2.65. The van der Waals surface area contributed by atoms with Crippen molar-refractivity contribution in [1.29, 1.82) is 0 Å². The smallest absolute Gasteiger partial charge is 0.149 e. The normalized spacial score (nSPS) is 18.2. The van der Waals surface area contributed by atoms with Crippen LogP contribution in [-0.4, -0.2) is 6.54 Å². The molecule has 0 spiro atoms. The van der Waals surface area contributed by atoms with Gasteiger partial charge in [-0.3, -0.25) is 0 Å². The Morgan fingerprint density at radius 2 is 1.95 bits per heavy atom. The van der Waals surface area contributed by atoms with Gasteiger partial charge in [-0.15, -0.1) is 0 Å². The minimum atomic E-state index is -0.559. The molecule has 1 aliphatic rings. The number of fused-ring (bicyclic) bond motifs is 1. The van der Waals surface area contributed by atoms with Crippen molar-refractivity contribution in [2.45, 2.75) is 19.0 Å². The Bertz CT molecular complexity index is 613.